The lowest BCUT2D eigenvalue weighted by Crippen LogP contribution is -2.09. The molecule has 0 fully saturated rings. The van der Waals surface area contributed by atoms with E-state index in [1.807, 2.05) is 26.1 Å². The van der Waals surface area contributed by atoms with Gasteiger partial charge in [0.15, 0.2) is 0 Å². The van der Waals surface area contributed by atoms with Gasteiger partial charge in [0.25, 0.3) is 0 Å². The molecule has 2 N–H and O–H groups in total. The first-order valence-corrected chi connectivity index (χ1v) is 5.94. The van der Waals surface area contributed by atoms with Crippen LogP contribution in [-0.2, 0) is 7.05 Å². The number of fused-ring (bicyclic) bond motifs is 2. The molecule has 96 valence electrons. The van der Waals surface area contributed by atoms with Crippen LogP contribution in [0.5, 0.6) is 11.5 Å². The van der Waals surface area contributed by atoms with Gasteiger partial charge >= 0.3 is 0 Å². The Kier molecular flexibility index (Phi) is 2.29. The van der Waals surface area contributed by atoms with Gasteiger partial charge in [-0.1, -0.05) is 6.07 Å². The molecule has 1 aromatic heterocycles. The van der Waals surface area contributed by atoms with Crippen LogP contribution in [-0.4, -0.2) is 14.8 Å². The normalized spacial score (nSPS) is 11.3. The summed E-state index contributed by atoms with van der Waals surface area (Å²) in [5.74, 6) is -0.259. The van der Waals surface area contributed by atoms with Crippen molar-refractivity contribution in [1.29, 1.82) is 0 Å². The van der Waals surface area contributed by atoms with Gasteiger partial charge in [0.05, 0.1) is 16.4 Å². The number of aromatic nitrogens is 1. The van der Waals surface area contributed by atoms with E-state index in [9.17, 15) is 15.0 Å². The van der Waals surface area contributed by atoms with Crippen LogP contribution in [0.2, 0.25) is 0 Å². The second kappa shape index (κ2) is 3.75. The maximum absolute atomic E-state index is 12.4. The first-order valence-electron chi connectivity index (χ1n) is 5.94. The fourth-order valence-electron chi connectivity index (χ4n) is 2.47. The number of phenols is 2. The molecule has 0 saturated heterocycles. The topological polar surface area (TPSA) is 62.5 Å². The van der Waals surface area contributed by atoms with Crippen LogP contribution in [0.4, 0.5) is 0 Å². The van der Waals surface area contributed by atoms with Crippen molar-refractivity contribution < 1.29 is 10.2 Å². The lowest BCUT2D eigenvalue weighted by molar-refractivity contribution is 0.454. The molecular formula is C15H13NO3. The van der Waals surface area contributed by atoms with Gasteiger partial charge < -0.3 is 14.8 Å². The second-order valence-electron chi connectivity index (χ2n) is 4.77. The molecule has 0 spiro atoms. The van der Waals surface area contributed by atoms with Crippen molar-refractivity contribution in [3.63, 3.8) is 0 Å². The summed E-state index contributed by atoms with van der Waals surface area (Å²) in [5, 5.41) is 20.3. The molecule has 0 aliphatic rings. The van der Waals surface area contributed by atoms with Crippen molar-refractivity contribution in [2.75, 3.05) is 0 Å². The fraction of sp³-hybridized carbons (Fsp3) is 0.133. The third-order valence-electron chi connectivity index (χ3n) is 3.43. The van der Waals surface area contributed by atoms with Gasteiger partial charge in [-0.2, -0.15) is 0 Å². The van der Waals surface area contributed by atoms with Crippen LogP contribution in [0.3, 0.4) is 0 Å². The summed E-state index contributed by atoms with van der Waals surface area (Å²) in [6.07, 6.45) is 0. The average molecular weight is 255 g/mol. The Labute approximate surface area is 109 Å². The van der Waals surface area contributed by atoms with Crippen molar-refractivity contribution in [3.8, 4) is 11.5 Å². The molecule has 0 radical (unpaired) electrons. The number of phenolic OH excluding ortho intramolecular Hbond substituents is 2. The highest BCUT2D eigenvalue weighted by Crippen LogP contribution is 2.29. The third kappa shape index (κ3) is 1.57. The number of rotatable bonds is 0. The second-order valence-corrected chi connectivity index (χ2v) is 4.77. The Hall–Kier alpha value is -2.49. The molecule has 3 rings (SSSR count). The number of hydrogen-bond donors (Lipinski definition) is 2. The van der Waals surface area contributed by atoms with Crippen LogP contribution in [0, 0.1) is 6.92 Å². The highest BCUT2D eigenvalue weighted by Gasteiger charge is 2.13. The van der Waals surface area contributed by atoms with E-state index in [0.29, 0.717) is 10.9 Å². The van der Waals surface area contributed by atoms with E-state index in [4.69, 9.17) is 0 Å². The van der Waals surface area contributed by atoms with E-state index < -0.39 is 0 Å². The molecule has 19 heavy (non-hydrogen) atoms. The molecule has 0 aliphatic carbocycles. The smallest absolute Gasteiger partial charge is 0.200 e. The largest absolute Gasteiger partial charge is 0.508 e. The van der Waals surface area contributed by atoms with E-state index >= 15 is 0 Å². The van der Waals surface area contributed by atoms with Crippen molar-refractivity contribution in [2.24, 2.45) is 7.05 Å². The Morgan fingerprint density at radius 3 is 2.53 bits per heavy atom. The van der Waals surface area contributed by atoms with Crippen LogP contribution in [0.15, 0.2) is 35.1 Å². The monoisotopic (exact) mass is 255 g/mol. The van der Waals surface area contributed by atoms with E-state index in [1.165, 1.54) is 12.1 Å². The predicted molar refractivity (Wildman–Crippen MR) is 74.8 cm³/mol. The zero-order valence-corrected chi connectivity index (χ0v) is 10.6. The molecule has 4 heteroatoms. The highest BCUT2D eigenvalue weighted by atomic mass is 16.3. The summed E-state index contributed by atoms with van der Waals surface area (Å²) in [6, 6.07) is 8.21. The minimum Gasteiger partial charge on any atom is -0.508 e. The number of nitrogens with zero attached hydrogens (tertiary/aromatic N) is 1. The summed E-state index contributed by atoms with van der Waals surface area (Å²) in [7, 11) is 1.81. The molecule has 4 nitrogen and oxygen atoms in total. The number of aromatic hydroxyl groups is 2. The summed E-state index contributed by atoms with van der Waals surface area (Å²) in [6.45, 7) is 1.95. The molecule has 0 unspecified atom stereocenters. The van der Waals surface area contributed by atoms with Gasteiger partial charge in [-0.15, -0.1) is 0 Å². The third-order valence-corrected chi connectivity index (χ3v) is 3.43. The molecule has 0 saturated carbocycles. The minimum atomic E-state index is -0.222. The predicted octanol–water partition coefficient (Wildman–Crippen LogP) is 2.41. The Morgan fingerprint density at radius 2 is 1.79 bits per heavy atom. The van der Waals surface area contributed by atoms with Crippen molar-refractivity contribution >= 4 is 21.8 Å². The van der Waals surface area contributed by atoms with E-state index in [0.717, 1.165) is 11.1 Å². The number of aryl methyl sites for hydroxylation is 2. The van der Waals surface area contributed by atoms with E-state index in [2.05, 4.69) is 0 Å². The average Bonchev–Trinajstić information content (AvgIpc) is 2.35. The maximum Gasteiger partial charge on any atom is 0.200 e. The van der Waals surface area contributed by atoms with Crippen LogP contribution >= 0.6 is 0 Å². The number of hydrogen-bond acceptors (Lipinski definition) is 3. The van der Waals surface area contributed by atoms with Gasteiger partial charge in [-0.05, 0) is 24.6 Å². The molecule has 2 aromatic carbocycles. The first-order chi connectivity index (χ1) is 8.99. The molecule has 0 bridgehead atoms. The van der Waals surface area contributed by atoms with E-state index in [-0.39, 0.29) is 22.3 Å². The highest BCUT2D eigenvalue weighted by molar-refractivity contribution is 5.97. The van der Waals surface area contributed by atoms with Gasteiger partial charge in [-0.25, -0.2) is 0 Å². The van der Waals surface area contributed by atoms with E-state index in [1.54, 1.807) is 10.6 Å². The molecule has 0 atom stereocenters. The standard InChI is InChI=1S/C15H13NO3/c1-8-3-4-10-11(5-8)16(2)12-6-9(17)7-13(18)14(12)15(10)19/h3-7,17-18H,1-2H3. The molecule has 0 aliphatic heterocycles. The summed E-state index contributed by atoms with van der Waals surface area (Å²) in [5.41, 5.74) is 2.12. The van der Waals surface area contributed by atoms with Crippen molar-refractivity contribution in [3.05, 3.63) is 46.1 Å². The van der Waals surface area contributed by atoms with Gasteiger partial charge in [0.2, 0.25) is 5.43 Å². The molecular weight excluding hydrogens is 242 g/mol. The fourth-order valence-corrected chi connectivity index (χ4v) is 2.47. The van der Waals surface area contributed by atoms with Crippen LogP contribution < -0.4 is 5.43 Å². The summed E-state index contributed by atoms with van der Waals surface area (Å²) in [4.78, 5) is 12.4. The molecule has 0 amide bonds. The molecule has 1 heterocycles. The summed E-state index contributed by atoms with van der Waals surface area (Å²) < 4.78 is 1.80. The first kappa shape index (κ1) is 11.6. The van der Waals surface area contributed by atoms with Crippen LogP contribution in [0.25, 0.3) is 21.8 Å². The Balaban J connectivity index is 2.69. The Bertz CT molecular complexity index is 878. The number of pyridine rings is 1. The minimum absolute atomic E-state index is 0.0630. The quantitative estimate of drug-likeness (QED) is 0.606. The van der Waals surface area contributed by atoms with Crippen LogP contribution in [0.1, 0.15) is 5.56 Å². The summed E-state index contributed by atoms with van der Waals surface area (Å²) >= 11 is 0. The SMILES string of the molecule is Cc1ccc2c(=O)c3c(O)cc(O)cc3n(C)c2c1. The number of benzene rings is 2. The maximum atomic E-state index is 12.4. The molecule has 3 aromatic rings. The lowest BCUT2D eigenvalue weighted by atomic mass is 10.1. The van der Waals surface area contributed by atoms with Crippen molar-refractivity contribution in [1.82, 2.24) is 4.57 Å². The zero-order chi connectivity index (χ0) is 13.7. The van der Waals surface area contributed by atoms with Gasteiger partial charge in [-0.3, -0.25) is 4.79 Å². The van der Waals surface area contributed by atoms with Gasteiger partial charge in [0, 0.05) is 24.6 Å². The Morgan fingerprint density at radius 1 is 1.05 bits per heavy atom. The van der Waals surface area contributed by atoms with Gasteiger partial charge in [0.1, 0.15) is 11.5 Å². The zero-order valence-electron chi connectivity index (χ0n) is 10.6. The lowest BCUT2D eigenvalue weighted by Gasteiger charge is -2.12. The van der Waals surface area contributed by atoms with Crippen molar-refractivity contribution in [2.45, 2.75) is 6.92 Å².